The number of fused-ring (bicyclic) bond motifs is 2. The van der Waals surface area contributed by atoms with Crippen LogP contribution < -0.4 is 0 Å². The first-order valence-corrected chi connectivity index (χ1v) is 6.53. The maximum atomic E-state index is 11.6. The molecule has 2 aliphatic rings. The summed E-state index contributed by atoms with van der Waals surface area (Å²) in [4.78, 5) is 11.6. The quantitative estimate of drug-likeness (QED) is 0.465. The van der Waals surface area contributed by atoms with Crippen LogP contribution in [-0.2, 0) is 4.79 Å². The first-order valence-electron chi connectivity index (χ1n) is 5.00. The highest BCUT2D eigenvalue weighted by Gasteiger charge is 2.52. The highest BCUT2D eigenvalue weighted by atomic mass is 31.1. The molecule has 2 unspecified atom stereocenters. The molecule has 2 rings (SSSR count). The normalized spacial score (nSPS) is 48.5. The summed E-state index contributed by atoms with van der Waals surface area (Å²) in [5.41, 5.74) is 0. The molecule has 2 atom stereocenters. The molecule has 13 heavy (non-hydrogen) atoms. The van der Waals surface area contributed by atoms with Gasteiger partial charge in [-0.1, -0.05) is 40.8 Å². The zero-order valence-electron chi connectivity index (χ0n) is 8.63. The number of rotatable bonds is 1. The number of hydrogen-bond donors (Lipinski definition) is 0. The van der Waals surface area contributed by atoms with E-state index in [0.29, 0.717) is 5.78 Å². The summed E-state index contributed by atoms with van der Waals surface area (Å²) in [6.45, 7) is 6.80. The smallest absolute Gasteiger partial charge is 0.135 e. The van der Waals surface area contributed by atoms with Gasteiger partial charge < -0.3 is 0 Å². The lowest BCUT2D eigenvalue weighted by Crippen LogP contribution is -2.36. The Kier molecular flexibility index (Phi) is 1.93. The van der Waals surface area contributed by atoms with Crippen molar-refractivity contribution in [2.45, 2.75) is 43.9 Å². The van der Waals surface area contributed by atoms with Crippen LogP contribution in [-0.4, -0.2) is 22.3 Å². The Morgan fingerprint density at radius 2 is 1.77 bits per heavy atom. The van der Waals surface area contributed by atoms with E-state index in [1.807, 2.05) is 0 Å². The fourth-order valence-corrected chi connectivity index (χ4v) is 6.87. The van der Waals surface area contributed by atoms with Crippen LogP contribution in [0, 0.1) is 0 Å². The van der Waals surface area contributed by atoms with Crippen molar-refractivity contribution in [3.05, 3.63) is 12.2 Å². The van der Waals surface area contributed by atoms with E-state index in [0.717, 1.165) is 12.8 Å². The molecule has 0 radical (unpaired) electrons. The molecule has 1 saturated heterocycles. The minimum atomic E-state index is -0.00350. The summed E-state index contributed by atoms with van der Waals surface area (Å²) in [5.74, 6) is 0.460. The Hall–Kier alpha value is -0.160. The average molecular weight is 196 g/mol. The SMILES string of the molecule is CCP1C2(C)C=CC1(C)CC(=O)C2. The fourth-order valence-electron chi connectivity index (χ4n) is 3.01. The standard InChI is InChI=1S/C11H17OP/c1-4-13-10(2)5-6-11(13,3)8-9(12)7-10/h5-6H,4,7-8H2,1-3H3. The van der Waals surface area contributed by atoms with Gasteiger partial charge in [0.05, 0.1) is 0 Å². The van der Waals surface area contributed by atoms with E-state index >= 15 is 0 Å². The second-order valence-corrected chi connectivity index (χ2v) is 8.22. The van der Waals surface area contributed by atoms with Crippen LogP contribution in [0.5, 0.6) is 0 Å². The minimum absolute atomic E-state index is 0.00350. The number of hydrogen-bond acceptors (Lipinski definition) is 1. The fraction of sp³-hybridized carbons (Fsp3) is 0.727. The Balaban J connectivity index is 2.40. The van der Waals surface area contributed by atoms with Gasteiger partial charge in [-0.05, 0) is 6.16 Å². The summed E-state index contributed by atoms with van der Waals surface area (Å²) in [7, 11) is -0.00350. The molecule has 2 aliphatic heterocycles. The summed E-state index contributed by atoms with van der Waals surface area (Å²) < 4.78 is 0. The van der Waals surface area contributed by atoms with Gasteiger partial charge in [0.2, 0.25) is 0 Å². The van der Waals surface area contributed by atoms with Gasteiger partial charge >= 0.3 is 0 Å². The Morgan fingerprint density at radius 1 is 1.31 bits per heavy atom. The highest BCUT2D eigenvalue weighted by molar-refractivity contribution is 7.62. The molecule has 0 aromatic rings. The lowest BCUT2D eigenvalue weighted by Gasteiger charge is -2.44. The number of carbonyl (C=O) groups is 1. The van der Waals surface area contributed by atoms with Crippen molar-refractivity contribution >= 4 is 13.7 Å². The molecule has 0 saturated carbocycles. The van der Waals surface area contributed by atoms with Gasteiger partial charge in [-0.25, -0.2) is 0 Å². The van der Waals surface area contributed by atoms with Crippen LogP contribution in [0.15, 0.2) is 12.2 Å². The van der Waals surface area contributed by atoms with E-state index in [1.165, 1.54) is 6.16 Å². The first kappa shape index (κ1) is 9.40. The predicted octanol–water partition coefficient (Wildman–Crippen LogP) is 2.94. The van der Waals surface area contributed by atoms with Crippen molar-refractivity contribution in [3.63, 3.8) is 0 Å². The molecule has 0 aliphatic carbocycles. The Labute approximate surface area is 81.3 Å². The van der Waals surface area contributed by atoms with Crippen molar-refractivity contribution in [1.82, 2.24) is 0 Å². The zero-order valence-corrected chi connectivity index (χ0v) is 9.53. The van der Waals surface area contributed by atoms with Gasteiger partial charge in [-0.2, -0.15) is 0 Å². The highest BCUT2D eigenvalue weighted by Crippen LogP contribution is 2.69. The van der Waals surface area contributed by atoms with Crippen LogP contribution in [0.3, 0.4) is 0 Å². The predicted molar refractivity (Wildman–Crippen MR) is 57.7 cm³/mol. The monoisotopic (exact) mass is 196 g/mol. The van der Waals surface area contributed by atoms with Gasteiger partial charge in [0.15, 0.2) is 0 Å². The van der Waals surface area contributed by atoms with Crippen molar-refractivity contribution in [3.8, 4) is 0 Å². The first-order chi connectivity index (χ1) is 6.00. The van der Waals surface area contributed by atoms with Crippen LogP contribution in [0.2, 0.25) is 0 Å². The molecular weight excluding hydrogens is 179 g/mol. The molecule has 0 N–H and O–H groups in total. The third-order valence-corrected chi connectivity index (χ3v) is 7.17. The minimum Gasteiger partial charge on any atom is -0.300 e. The van der Waals surface area contributed by atoms with Gasteiger partial charge in [0, 0.05) is 23.2 Å². The molecule has 0 aromatic carbocycles. The second-order valence-electron chi connectivity index (χ2n) is 4.68. The van der Waals surface area contributed by atoms with Gasteiger partial charge in [-0.15, -0.1) is 0 Å². The van der Waals surface area contributed by atoms with Crippen molar-refractivity contribution in [2.24, 2.45) is 0 Å². The van der Waals surface area contributed by atoms with Gasteiger partial charge in [-0.3, -0.25) is 4.79 Å². The maximum absolute atomic E-state index is 11.6. The molecule has 1 fully saturated rings. The lowest BCUT2D eigenvalue weighted by molar-refractivity contribution is -0.119. The van der Waals surface area contributed by atoms with E-state index in [1.54, 1.807) is 0 Å². The number of allylic oxidation sites excluding steroid dienone is 2. The molecule has 0 spiro atoms. The zero-order chi connectivity index (χ0) is 9.69. The molecule has 1 nitrogen and oxygen atoms in total. The van der Waals surface area contributed by atoms with Gasteiger partial charge in [0.25, 0.3) is 0 Å². The summed E-state index contributed by atoms with van der Waals surface area (Å²) in [6, 6.07) is 0. The van der Waals surface area contributed by atoms with E-state index in [2.05, 4.69) is 32.9 Å². The topological polar surface area (TPSA) is 17.1 Å². The van der Waals surface area contributed by atoms with Crippen molar-refractivity contribution in [1.29, 1.82) is 0 Å². The average Bonchev–Trinajstić information content (AvgIpc) is 2.15. The number of Topliss-reactive ketones (excluding diaryl/α,β-unsaturated/α-hetero) is 1. The molecule has 2 heterocycles. The summed E-state index contributed by atoms with van der Waals surface area (Å²) >= 11 is 0. The van der Waals surface area contributed by atoms with Gasteiger partial charge in [0.1, 0.15) is 5.78 Å². The van der Waals surface area contributed by atoms with E-state index in [9.17, 15) is 4.79 Å². The van der Waals surface area contributed by atoms with E-state index in [4.69, 9.17) is 0 Å². The molecule has 2 bridgehead atoms. The summed E-state index contributed by atoms with van der Waals surface area (Å²) in [5, 5.41) is 0.461. The lowest BCUT2D eigenvalue weighted by atomic mass is 10.0. The molecule has 0 amide bonds. The Bertz CT molecular complexity index is 260. The molecule has 72 valence electrons. The third kappa shape index (κ3) is 1.21. The van der Waals surface area contributed by atoms with E-state index < -0.39 is 0 Å². The third-order valence-electron chi connectivity index (χ3n) is 3.46. The van der Waals surface area contributed by atoms with Crippen LogP contribution in [0.25, 0.3) is 0 Å². The van der Waals surface area contributed by atoms with Crippen LogP contribution in [0.1, 0.15) is 33.6 Å². The maximum Gasteiger partial charge on any atom is 0.135 e. The Morgan fingerprint density at radius 3 is 2.15 bits per heavy atom. The van der Waals surface area contributed by atoms with Crippen LogP contribution >= 0.6 is 7.92 Å². The van der Waals surface area contributed by atoms with Crippen molar-refractivity contribution < 1.29 is 4.79 Å². The molecule has 2 heteroatoms. The summed E-state index contributed by atoms with van der Waals surface area (Å²) in [6.07, 6.45) is 7.46. The number of ketones is 1. The molecular formula is C11H17OP. The molecule has 0 aromatic heterocycles. The van der Waals surface area contributed by atoms with E-state index in [-0.39, 0.29) is 18.2 Å². The second kappa shape index (κ2) is 2.67. The van der Waals surface area contributed by atoms with Crippen molar-refractivity contribution in [2.75, 3.05) is 6.16 Å². The van der Waals surface area contributed by atoms with Crippen LogP contribution in [0.4, 0.5) is 0 Å². The largest absolute Gasteiger partial charge is 0.300 e. The number of carbonyl (C=O) groups excluding carboxylic acids is 1.